The van der Waals surface area contributed by atoms with E-state index in [-0.39, 0.29) is 18.0 Å². The first-order chi connectivity index (χ1) is 12.8. The highest BCUT2D eigenvalue weighted by atomic mass is 32.2. The van der Waals surface area contributed by atoms with Gasteiger partial charge in [0.2, 0.25) is 0 Å². The van der Waals surface area contributed by atoms with Gasteiger partial charge in [-0.25, -0.2) is 17.6 Å². The van der Waals surface area contributed by atoms with Crippen molar-refractivity contribution in [2.45, 2.75) is 10.1 Å². The summed E-state index contributed by atoms with van der Waals surface area (Å²) >= 11 is 0. The number of methoxy groups -OCH3 is 2. The maximum atomic E-state index is 13.0. The summed E-state index contributed by atoms with van der Waals surface area (Å²) in [5.41, 5.74) is 0.452. The number of urea groups is 1. The molecule has 1 fully saturated rings. The normalized spacial score (nSPS) is 14.4. The highest BCUT2D eigenvalue weighted by molar-refractivity contribution is 7.92. The Kier molecular flexibility index (Phi) is 5.22. The van der Waals surface area contributed by atoms with Crippen LogP contribution < -0.4 is 14.8 Å². The lowest BCUT2D eigenvalue weighted by Gasteiger charge is -2.38. The summed E-state index contributed by atoms with van der Waals surface area (Å²) in [7, 11) is -0.615. The number of amides is 2. The molecule has 1 aliphatic heterocycles. The second-order valence-corrected chi connectivity index (χ2v) is 8.25. The first-order valence-electron chi connectivity index (χ1n) is 8.12. The van der Waals surface area contributed by atoms with E-state index < -0.39 is 26.9 Å². The van der Waals surface area contributed by atoms with Crippen molar-refractivity contribution in [1.29, 1.82) is 0 Å². The highest BCUT2D eigenvalue weighted by Crippen LogP contribution is 2.30. The zero-order valence-electron chi connectivity index (χ0n) is 14.8. The zero-order chi connectivity index (χ0) is 19.6. The molecule has 0 saturated carbocycles. The third kappa shape index (κ3) is 3.82. The minimum atomic E-state index is -3.61. The van der Waals surface area contributed by atoms with Gasteiger partial charge in [0, 0.05) is 19.2 Å². The average molecular weight is 394 g/mol. The van der Waals surface area contributed by atoms with Gasteiger partial charge in [0.1, 0.15) is 22.6 Å². The molecular formula is C18H19FN2O5S. The van der Waals surface area contributed by atoms with Crippen molar-refractivity contribution in [3.63, 3.8) is 0 Å². The number of benzene rings is 2. The lowest BCUT2D eigenvalue weighted by Crippen LogP contribution is -2.58. The number of ether oxygens (including phenoxy) is 2. The van der Waals surface area contributed by atoms with E-state index in [1.54, 1.807) is 18.2 Å². The van der Waals surface area contributed by atoms with Crippen molar-refractivity contribution < 1.29 is 27.1 Å². The predicted molar refractivity (Wildman–Crippen MR) is 97.5 cm³/mol. The van der Waals surface area contributed by atoms with E-state index in [1.165, 1.54) is 31.3 Å². The van der Waals surface area contributed by atoms with E-state index in [1.807, 2.05) is 0 Å². The molecule has 0 unspecified atom stereocenters. The van der Waals surface area contributed by atoms with Gasteiger partial charge in [-0.05, 0) is 36.4 Å². The molecule has 1 N–H and O–H groups in total. The number of anilines is 1. The number of nitrogens with one attached hydrogen (secondary N) is 1. The number of rotatable bonds is 5. The van der Waals surface area contributed by atoms with Gasteiger partial charge >= 0.3 is 6.03 Å². The minimum absolute atomic E-state index is 0.0470. The Labute approximate surface area is 156 Å². The molecule has 0 atom stereocenters. The number of carbonyl (C=O) groups excluding carboxylic acids is 1. The summed E-state index contributed by atoms with van der Waals surface area (Å²) in [6.45, 7) is 0.119. The standard InChI is InChI=1S/C18H19FN2O5S/c1-25-13-5-8-16(17(9-13)26-2)20-18(22)21-10-15(11-21)27(23,24)14-6-3-12(19)4-7-14/h3-9,15H,10-11H2,1-2H3,(H,20,22). The fraction of sp³-hybridized carbons (Fsp3) is 0.278. The predicted octanol–water partition coefficient (Wildman–Crippen LogP) is 2.53. The molecular weight excluding hydrogens is 375 g/mol. The van der Waals surface area contributed by atoms with Gasteiger partial charge in [-0.15, -0.1) is 0 Å². The van der Waals surface area contributed by atoms with E-state index in [0.717, 1.165) is 12.1 Å². The number of nitrogens with zero attached hydrogens (tertiary/aromatic N) is 1. The fourth-order valence-corrected chi connectivity index (χ4v) is 4.37. The molecule has 0 aliphatic carbocycles. The van der Waals surface area contributed by atoms with Crippen LogP contribution in [0.3, 0.4) is 0 Å². The molecule has 144 valence electrons. The van der Waals surface area contributed by atoms with Crippen LogP contribution in [-0.4, -0.2) is 51.9 Å². The van der Waals surface area contributed by atoms with Crippen molar-refractivity contribution in [3.05, 3.63) is 48.3 Å². The van der Waals surface area contributed by atoms with Crippen LogP contribution >= 0.6 is 0 Å². The zero-order valence-corrected chi connectivity index (χ0v) is 15.6. The maximum Gasteiger partial charge on any atom is 0.322 e. The molecule has 0 radical (unpaired) electrons. The van der Waals surface area contributed by atoms with Crippen LogP contribution in [0, 0.1) is 5.82 Å². The maximum absolute atomic E-state index is 13.0. The highest BCUT2D eigenvalue weighted by Gasteiger charge is 2.40. The quantitative estimate of drug-likeness (QED) is 0.788. The Hall–Kier alpha value is -2.81. The topological polar surface area (TPSA) is 84.9 Å². The van der Waals surface area contributed by atoms with Gasteiger partial charge < -0.3 is 19.7 Å². The Balaban J connectivity index is 1.64. The van der Waals surface area contributed by atoms with Crippen LogP contribution in [0.15, 0.2) is 47.4 Å². The average Bonchev–Trinajstić information content (AvgIpc) is 2.60. The lowest BCUT2D eigenvalue weighted by molar-refractivity contribution is 0.182. The van der Waals surface area contributed by atoms with Crippen LogP contribution in [0.25, 0.3) is 0 Å². The van der Waals surface area contributed by atoms with Crippen LogP contribution in [0.1, 0.15) is 0 Å². The second-order valence-electron chi connectivity index (χ2n) is 6.02. The summed E-state index contributed by atoms with van der Waals surface area (Å²) in [6.07, 6.45) is 0. The smallest absolute Gasteiger partial charge is 0.322 e. The molecule has 1 aliphatic rings. The van der Waals surface area contributed by atoms with Crippen LogP contribution in [-0.2, 0) is 9.84 Å². The molecule has 1 saturated heterocycles. The molecule has 3 rings (SSSR count). The van der Waals surface area contributed by atoms with Gasteiger partial charge in [-0.3, -0.25) is 0 Å². The molecule has 2 aromatic carbocycles. The summed E-state index contributed by atoms with van der Waals surface area (Å²) in [5, 5.41) is 1.98. The molecule has 9 heteroatoms. The van der Waals surface area contributed by atoms with Crippen LogP contribution in [0.5, 0.6) is 11.5 Å². The van der Waals surface area contributed by atoms with E-state index in [2.05, 4.69) is 5.32 Å². The second kappa shape index (κ2) is 7.43. The van der Waals surface area contributed by atoms with E-state index in [4.69, 9.17) is 9.47 Å². The van der Waals surface area contributed by atoms with E-state index >= 15 is 0 Å². The fourth-order valence-electron chi connectivity index (χ4n) is 2.71. The van der Waals surface area contributed by atoms with Gasteiger partial charge in [-0.2, -0.15) is 0 Å². The molecule has 7 nitrogen and oxygen atoms in total. The first kappa shape index (κ1) is 19.0. The third-order valence-electron chi connectivity index (χ3n) is 4.37. The number of carbonyl (C=O) groups is 1. The van der Waals surface area contributed by atoms with Crippen molar-refractivity contribution in [3.8, 4) is 11.5 Å². The Morgan fingerprint density at radius 2 is 1.78 bits per heavy atom. The number of likely N-dealkylation sites (tertiary alicyclic amines) is 1. The molecule has 0 bridgehead atoms. The van der Waals surface area contributed by atoms with Crippen LogP contribution in [0.4, 0.5) is 14.9 Å². The van der Waals surface area contributed by atoms with Gasteiger partial charge in [0.25, 0.3) is 0 Å². The van der Waals surface area contributed by atoms with Crippen molar-refractivity contribution in [2.75, 3.05) is 32.6 Å². The molecule has 0 aromatic heterocycles. The Morgan fingerprint density at radius 3 is 2.37 bits per heavy atom. The third-order valence-corrected chi connectivity index (χ3v) is 6.47. The van der Waals surface area contributed by atoms with Crippen molar-refractivity contribution >= 4 is 21.6 Å². The summed E-state index contributed by atoms with van der Waals surface area (Å²) in [4.78, 5) is 13.8. The number of hydrogen-bond acceptors (Lipinski definition) is 5. The first-order valence-corrected chi connectivity index (χ1v) is 9.67. The van der Waals surface area contributed by atoms with Gasteiger partial charge in [-0.1, -0.05) is 0 Å². The molecule has 1 heterocycles. The summed E-state index contributed by atoms with van der Waals surface area (Å²) < 4.78 is 48.3. The van der Waals surface area contributed by atoms with Gasteiger partial charge in [0.15, 0.2) is 9.84 Å². The van der Waals surface area contributed by atoms with E-state index in [9.17, 15) is 17.6 Å². The number of sulfone groups is 1. The molecule has 0 spiro atoms. The molecule has 2 amide bonds. The monoisotopic (exact) mass is 394 g/mol. The van der Waals surface area contributed by atoms with Crippen molar-refractivity contribution in [2.24, 2.45) is 0 Å². The van der Waals surface area contributed by atoms with Gasteiger partial charge in [0.05, 0.1) is 24.8 Å². The molecule has 27 heavy (non-hydrogen) atoms. The minimum Gasteiger partial charge on any atom is -0.497 e. The lowest BCUT2D eigenvalue weighted by atomic mass is 10.2. The summed E-state index contributed by atoms with van der Waals surface area (Å²) in [5.74, 6) is 0.509. The van der Waals surface area contributed by atoms with Crippen molar-refractivity contribution in [1.82, 2.24) is 4.90 Å². The number of hydrogen-bond donors (Lipinski definition) is 1. The van der Waals surface area contributed by atoms with E-state index in [0.29, 0.717) is 17.2 Å². The molecule has 2 aromatic rings. The van der Waals surface area contributed by atoms with Crippen LogP contribution in [0.2, 0.25) is 0 Å². The summed E-state index contributed by atoms with van der Waals surface area (Å²) in [6, 6.07) is 9.19. The SMILES string of the molecule is COc1ccc(NC(=O)N2CC(S(=O)(=O)c3ccc(F)cc3)C2)c(OC)c1. The Bertz CT molecular complexity index is 941. The number of halogens is 1. The largest absolute Gasteiger partial charge is 0.497 e. The Morgan fingerprint density at radius 1 is 1.11 bits per heavy atom.